The van der Waals surface area contributed by atoms with Gasteiger partial charge in [-0.15, -0.1) is 0 Å². The number of piperazine rings is 1. The van der Waals surface area contributed by atoms with Crippen LogP contribution >= 0.6 is 0 Å². The number of nitrogens with zero attached hydrogens (tertiary/aromatic N) is 1. The van der Waals surface area contributed by atoms with Gasteiger partial charge in [-0.3, -0.25) is 9.59 Å². The molecule has 1 aliphatic heterocycles. The van der Waals surface area contributed by atoms with Gasteiger partial charge in [0, 0.05) is 12.8 Å². The summed E-state index contributed by atoms with van der Waals surface area (Å²) in [4.78, 5) is 25.8. The number of rotatable bonds is 5. The van der Waals surface area contributed by atoms with E-state index >= 15 is 0 Å². The number of carbonyl (C=O) groups is 2. The molecule has 2 unspecified atom stereocenters. The molecule has 0 radical (unpaired) electrons. The Bertz CT molecular complexity index is 484. The lowest BCUT2D eigenvalue weighted by Gasteiger charge is -2.38. The molecule has 1 aliphatic carbocycles. The van der Waals surface area contributed by atoms with E-state index < -0.39 is 21.9 Å². The Labute approximate surface area is 113 Å². The summed E-state index contributed by atoms with van der Waals surface area (Å²) in [6.45, 7) is 1.93. The largest absolute Gasteiger partial charge is 0.342 e. The van der Waals surface area contributed by atoms with Gasteiger partial charge in [-0.05, 0) is 25.2 Å². The maximum atomic E-state index is 12.4. The first-order valence-corrected chi connectivity index (χ1v) is 8.68. The molecule has 1 N–H and O–H groups in total. The summed E-state index contributed by atoms with van der Waals surface area (Å²) in [5.41, 5.74) is 0. The van der Waals surface area contributed by atoms with Crippen molar-refractivity contribution in [2.75, 3.05) is 18.6 Å². The number of hydrogen-bond donors (Lipinski definition) is 1. The molecule has 2 aliphatic rings. The molecule has 0 aromatic rings. The van der Waals surface area contributed by atoms with Crippen molar-refractivity contribution in [1.29, 1.82) is 0 Å². The molecule has 2 amide bonds. The number of sulfone groups is 1. The second-order valence-corrected chi connectivity index (χ2v) is 7.67. The lowest BCUT2D eigenvalue weighted by atomic mass is 10.0. The van der Waals surface area contributed by atoms with Gasteiger partial charge in [-0.25, -0.2) is 8.42 Å². The summed E-state index contributed by atoms with van der Waals surface area (Å²) >= 11 is 0. The molecule has 2 fully saturated rings. The smallest absolute Gasteiger partial charge is 0.246 e. The fourth-order valence-electron chi connectivity index (χ4n) is 2.47. The minimum atomic E-state index is -3.14. The number of hydrogen-bond acceptors (Lipinski definition) is 4. The number of carbonyl (C=O) groups excluding carboxylic acids is 2. The zero-order valence-corrected chi connectivity index (χ0v) is 12.1. The van der Waals surface area contributed by atoms with Crippen molar-refractivity contribution in [2.45, 2.75) is 38.3 Å². The van der Waals surface area contributed by atoms with Gasteiger partial charge in [-0.2, -0.15) is 0 Å². The summed E-state index contributed by atoms with van der Waals surface area (Å²) in [5, 5.41) is 2.78. The summed E-state index contributed by atoms with van der Waals surface area (Å²) in [7, 11) is -3.14. The third-order valence-corrected chi connectivity index (χ3v) is 4.63. The molecule has 1 heterocycles. The van der Waals surface area contributed by atoms with Gasteiger partial charge in [0.2, 0.25) is 11.8 Å². The Morgan fingerprint density at radius 3 is 2.42 bits per heavy atom. The maximum absolute atomic E-state index is 12.4. The van der Waals surface area contributed by atoms with Crippen LogP contribution < -0.4 is 5.32 Å². The predicted octanol–water partition coefficient (Wildman–Crippen LogP) is -0.453. The molecule has 7 heteroatoms. The van der Waals surface area contributed by atoms with Gasteiger partial charge in [0.15, 0.2) is 0 Å². The van der Waals surface area contributed by atoms with Crippen LogP contribution in [-0.4, -0.2) is 55.8 Å². The highest BCUT2D eigenvalue weighted by Crippen LogP contribution is 2.35. The highest BCUT2D eigenvalue weighted by atomic mass is 32.2. The Kier molecular flexibility index (Phi) is 3.85. The molecular weight excluding hydrogens is 268 g/mol. The molecule has 0 aromatic heterocycles. The van der Waals surface area contributed by atoms with Crippen molar-refractivity contribution in [1.82, 2.24) is 10.2 Å². The average molecular weight is 288 g/mol. The van der Waals surface area contributed by atoms with E-state index in [1.54, 1.807) is 0 Å². The molecule has 0 bridgehead atoms. The van der Waals surface area contributed by atoms with Crippen LogP contribution in [-0.2, 0) is 19.4 Å². The van der Waals surface area contributed by atoms with E-state index in [4.69, 9.17) is 0 Å². The quantitative estimate of drug-likeness (QED) is 0.742. The molecule has 1 saturated heterocycles. The van der Waals surface area contributed by atoms with E-state index in [2.05, 4.69) is 5.32 Å². The zero-order chi connectivity index (χ0) is 14.2. The molecule has 2 rings (SSSR count). The zero-order valence-electron chi connectivity index (χ0n) is 11.3. The summed E-state index contributed by atoms with van der Waals surface area (Å²) < 4.78 is 22.5. The maximum Gasteiger partial charge on any atom is 0.246 e. The second-order valence-electron chi connectivity index (χ2n) is 5.41. The average Bonchev–Trinajstić information content (AvgIpc) is 3.12. The minimum Gasteiger partial charge on any atom is -0.342 e. The van der Waals surface area contributed by atoms with Crippen LogP contribution in [0.3, 0.4) is 0 Å². The van der Waals surface area contributed by atoms with E-state index in [0.717, 1.165) is 19.1 Å². The minimum absolute atomic E-state index is 0.0973. The number of amides is 2. The van der Waals surface area contributed by atoms with Crippen LogP contribution in [0.1, 0.15) is 26.2 Å². The van der Waals surface area contributed by atoms with Gasteiger partial charge in [0.25, 0.3) is 0 Å². The van der Waals surface area contributed by atoms with Crippen LogP contribution in [0.25, 0.3) is 0 Å². The molecule has 108 valence electrons. The normalized spacial score (nSPS) is 28.4. The van der Waals surface area contributed by atoms with Crippen LogP contribution in [0.15, 0.2) is 0 Å². The molecular formula is C12H20N2O4S. The van der Waals surface area contributed by atoms with Gasteiger partial charge >= 0.3 is 0 Å². The topological polar surface area (TPSA) is 83.6 Å². The summed E-state index contributed by atoms with van der Waals surface area (Å²) in [6.07, 6.45) is 3.54. The first kappa shape index (κ1) is 14.3. The molecule has 6 nitrogen and oxygen atoms in total. The predicted molar refractivity (Wildman–Crippen MR) is 70.2 cm³/mol. The van der Waals surface area contributed by atoms with Crippen LogP contribution in [0.2, 0.25) is 0 Å². The van der Waals surface area contributed by atoms with Crippen molar-refractivity contribution < 1.29 is 18.0 Å². The van der Waals surface area contributed by atoms with E-state index in [1.165, 1.54) is 4.90 Å². The molecule has 0 aromatic carbocycles. The van der Waals surface area contributed by atoms with Gasteiger partial charge in [-0.1, -0.05) is 6.92 Å². The fraction of sp³-hybridized carbons (Fsp3) is 0.833. The van der Waals surface area contributed by atoms with Gasteiger partial charge in [0.05, 0.1) is 5.75 Å². The Morgan fingerprint density at radius 1 is 1.32 bits per heavy atom. The first-order valence-electron chi connectivity index (χ1n) is 6.62. The molecule has 2 atom stereocenters. The van der Waals surface area contributed by atoms with E-state index in [0.29, 0.717) is 6.42 Å². The second kappa shape index (κ2) is 5.11. The fourth-order valence-corrected chi connectivity index (χ4v) is 3.00. The highest BCUT2D eigenvalue weighted by molar-refractivity contribution is 7.90. The standard InChI is InChI=1S/C12H20N2O4S/c1-3-9-11(15)13-10(8-4-5-8)12(16)14(9)6-7-19(2,17)18/h8-10H,3-7H2,1-2H3,(H,13,15). The van der Waals surface area contributed by atoms with Gasteiger partial charge < -0.3 is 10.2 Å². The van der Waals surface area contributed by atoms with Crippen molar-refractivity contribution in [3.8, 4) is 0 Å². The van der Waals surface area contributed by atoms with Gasteiger partial charge in [0.1, 0.15) is 21.9 Å². The SMILES string of the molecule is CCC1C(=O)NC(C2CC2)C(=O)N1CCS(C)(=O)=O. The van der Waals surface area contributed by atoms with Crippen LogP contribution in [0.4, 0.5) is 0 Å². The molecule has 19 heavy (non-hydrogen) atoms. The van der Waals surface area contributed by atoms with E-state index in [-0.39, 0.29) is 30.0 Å². The van der Waals surface area contributed by atoms with Crippen molar-refractivity contribution in [3.63, 3.8) is 0 Å². The van der Waals surface area contributed by atoms with Crippen molar-refractivity contribution in [2.24, 2.45) is 5.92 Å². The lowest BCUT2D eigenvalue weighted by Crippen LogP contribution is -2.64. The first-order chi connectivity index (χ1) is 8.83. The van der Waals surface area contributed by atoms with Crippen LogP contribution in [0, 0.1) is 5.92 Å². The molecule has 0 spiro atoms. The Balaban J connectivity index is 2.13. The monoisotopic (exact) mass is 288 g/mol. The van der Waals surface area contributed by atoms with Crippen molar-refractivity contribution in [3.05, 3.63) is 0 Å². The van der Waals surface area contributed by atoms with Crippen molar-refractivity contribution >= 4 is 21.7 Å². The lowest BCUT2D eigenvalue weighted by molar-refractivity contribution is -0.149. The third-order valence-electron chi connectivity index (χ3n) is 3.71. The third kappa shape index (κ3) is 3.26. The summed E-state index contributed by atoms with van der Waals surface area (Å²) in [6, 6.07) is -0.987. The van der Waals surface area contributed by atoms with E-state index in [9.17, 15) is 18.0 Å². The van der Waals surface area contributed by atoms with Crippen LogP contribution in [0.5, 0.6) is 0 Å². The summed E-state index contributed by atoms with van der Waals surface area (Å²) in [5.74, 6) is -0.153. The number of nitrogens with one attached hydrogen (secondary N) is 1. The van der Waals surface area contributed by atoms with E-state index in [1.807, 2.05) is 6.92 Å². The Morgan fingerprint density at radius 2 is 1.95 bits per heavy atom. The Hall–Kier alpha value is -1.11. The highest BCUT2D eigenvalue weighted by Gasteiger charge is 2.46. The molecule has 1 saturated carbocycles.